The SMILES string of the molecule is COC(=O)CNC(=O)O[C@@H]1CCN(C)[C@@H]1C. The van der Waals surface area contributed by atoms with Crippen LogP contribution in [0.4, 0.5) is 4.79 Å². The molecule has 1 N–H and O–H groups in total. The molecule has 0 spiro atoms. The van der Waals surface area contributed by atoms with Gasteiger partial charge in [0.25, 0.3) is 0 Å². The molecule has 1 aliphatic rings. The summed E-state index contributed by atoms with van der Waals surface area (Å²) in [6.07, 6.45) is 0.142. The molecule has 1 rings (SSSR count). The van der Waals surface area contributed by atoms with Crippen LogP contribution in [0.2, 0.25) is 0 Å². The van der Waals surface area contributed by atoms with Crippen molar-refractivity contribution >= 4 is 12.1 Å². The molecule has 1 fully saturated rings. The van der Waals surface area contributed by atoms with Crippen LogP contribution < -0.4 is 5.32 Å². The zero-order valence-corrected chi connectivity index (χ0v) is 9.86. The minimum absolute atomic E-state index is 0.109. The van der Waals surface area contributed by atoms with Crippen LogP contribution in [0.5, 0.6) is 0 Å². The highest BCUT2D eigenvalue weighted by Gasteiger charge is 2.30. The molecule has 16 heavy (non-hydrogen) atoms. The number of carbonyl (C=O) groups is 2. The van der Waals surface area contributed by atoms with E-state index in [0.717, 1.165) is 13.0 Å². The number of rotatable bonds is 3. The van der Waals surface area contributed by atoms with Crippen LogP contribution in [0.3, 0.4) is 0 Å². The lowest BCUT2D eigenvalue weighted by atomic mass is 10.2. The standard InChI is InChI=1S/C10H18N2O4/c1-7-8(4-5-12(7)2)16-10(14)11-6-9(13)15-3/h7-8H,4-6H2,1-3H3,(H,11,14)/t7-,8-/m1/s1. The summed E-state index contributed by atoms with van der Waals surface area (Å²) in [5.41, 5.74) is 0. The van der Waals surface area contributed by atoms with E-state index in [-0.39, 0.29) is 18.7 Å². The summed E-state index contributed by atoms with van der Waals surface area (Å²) < 4.78 is 9.58. The zero-order chi connectivity index (χ0) is 12.1. The monoisotopic (exact) mass is 230 g/mol. The van der Waals surface area contributed by atoms with Crippen molar-refractivity contribution in [3.8, 4) is 0 Å². The second kappa shape index (κ2) is 5.69. The van der Waals surface area contributed by atoms with Crippen LogP contribution >= 0.6 is 0 Å². The van der Waals surface area contributed by atoms with Gasteiger partial charge in [0.1, 0.15) is 12.6 Å². The van der Waals surface area contributed by atoms with E-state index in [2.05, 4.69) is 15.0 Å². The van der Waals surface area contributed by atoms with Crippen LogP contribution in [-0.2, 0) is 14.3 Å². The molecule has 1 saturated heterocycles. The highest BCUT2D eigenvalue weighted by Crippen LogP contribution is 2.18. The minimum Gasteiger partial charge on any atom is -0.468 e. The third kappa shape index (κ3) is 3.37. The van der Waals surface area contributed by atoms with E-state index < -0.39 is 12.1 Å². The van der Waals surface area contributed by atoms with Crippen LogP contribution in [0.25, 0.3) is 0 Å². The second-order valence-electron chi connectivity index (χ2n) is 3.88. The van der Waals surface area contributed by atoms with Crippen LogP contribution in [0.1, 0.15) is 13.3 Å². The van der Waals surface area contributed by atoms with Gasteiger partial charge >= 0.3 is 12.1 Å². The van der Waals surface area contributed by atoms with Crippen LogP contribution in [0, 0.1) is 0 Å². The van der Waals surface area contributed by atoms with Gasteiger partial charge in [-0.2, -0.15) is 0 Å². The Bertz CT molecular complexity index is 270. The molecule has 92 valence electrons. The van der Waals surface area contributed by atoms with Gasteiger partial charge in [-0.15, -0.1) is 0 Å². The van der Waals surface area contributed by atoms with Gasteiger partial charge in [0.15, 0.2) is 0 Å². The summed E-state index contributed by atoms with van der Waals surface area (Å²) in [5, 5.41) is 2.34. The largest absolute Gasteiger partial charge is 0.468 e. The van der Waals surface area contributed by atoms with Crippen molar-refractivity contribution in [3.05, 3.63) is 0 Å². The maximum absolute atomic E-state index is 11.3. The lowest BCUT2D eigenvalue weighted by molar-refractivity contribution is -0.139. The van der Waals surface area contributed by atoms with Crippen molar-refractivity contribution < 1.29 is 19.1 Å². The molecule has 0 aromatic carbocycles. The number of nitrogens with one attached hydrogen (secondary N) is 1. The number of nitrogens with zero attached hydrogens (tertiary/aromatic N) is 1. The lowest BCUT2D eigenvalue weighted by Crippen LogP contribution is -2.37. The molecule has 1 amide bonds. The fraction of sp³-hybridized carbons (Fsp3) is 0.800. The van der Waals surface area contributed by atoms with Gasteiger partial charge in [-0.05, 0) is 20.4 Å². The highest BCUT2D eigenvalue weighted by atomic mass is 16.6. The molecule has 2 atom stereocenters. The van der Waals surface area contributed by atoms with Gasteiger partial charge < -0.3 is 14.8 Å². The Morgan fingerprint density at radius 1 is 1.50 bits per heavy atom. The van der Waals surface area contributed by atoms with E-state index >= 15 is 0 Å². The molecule has 6 nitrogen and oxygen atoms in total. The Morgan fingerprint density at radius 3 is 2.69 bits per heavy atom. The van der Waals surface area contributed by atoms with Gasteiger partial charge in [0.05, 0.1) is 7.11 Å². The first kappa shape index (κ1) is 12.8. The normalized spacial score (nSPS) is 25.2. The maximum Gasteiger partial charge on any atom is 0.407 e. The lowest BCUT2D eigenvalue weighted by Gasteiger charge is -2.20. The molecule has 0 saturated carbocycles. The first-order chi connectivity index (χ1) is 7.54. The Labute approximate surface area is 94.9 Å². The molecular formula is C10H18N2O4. The van der Waals surface area contributed by atoms with E-state index in [1.54, 1.807) is 0 Å². The molecule has 0 radical (unpaired) electrons. The smallest absolute Gasteiger partial charge is 0.407 e. The Morgan fingerprint density at radius 2 is 2.19 bits per heavy atom. The molecule has 0 aliphatic carbocycles. The van der Waals surface area contributed by atoms with Gasteiger partial charge in [0.2, 0.25) is 0 Å². The summed E-state index contributed by atoms with van der Waals surface area (Å²) in [4.78, 5) is 24.2. The van der Waals surface area contributed by atoms with Crippen molar-refractivity contribution in [2.45, 2.75) is 25.5 Å². The van der Waals surface area contributed by atoms with Crippen molar-refractivity contribution in [1.82, 2.24) is 10.2 Å². The zero-order valence-electron chi connectivity index (χ0n) is 9.86. The summed E-state index contributed by atoms with van der Waals surface area (Å²) >= 11 is 0. The summed E-state index contributed by atoms with van der Waals surface area (Å²) in [6.45, 7) is 2.76. The number of hydrogen-bond acceptors (Lipinski definition) is 5. The number of hydrogen-bond donors (Lipinski definition) is 1. The number of methoxy groups -OCH3 is 1. The molecule has 0 aromatic rings. The number of carbonyl (C=O) groups excluding carboxylic acids is 2. The Hall–Kier alpha value is -1.30. The average Bonchev–Trinajstić information content (AvgIpc) is 2.57. The molecule has 1 heterocycles. The third-order valence-corrected chi connectivity index (χ3v) is 2.86. The fourth-order valence-electron chi connectivity index (χ4n) is 1.61. The van der Waals surface area contributed by atoms with E-state index in [0.29, 0.717) is 0 Å². The molecule has 1 aliphatic heterocycles. The minimum atomic E-state index is -0.572. The van der Waals surface area contributed by atoms with Crippen LogP contribution in [-0.4, -0.2) is 56.4 Å². The quantitative estimate of drug-likeness (QED) is 0.690. The first-order valence-corrected chi connectivity index (χ1v) is 5.26. The molecule has 0 bridgehead atoms. The molecule has 0 aromatic heterocycles. The van der Waals surface area contributed by atoms with Crippen molar-refractivity contribution in [1.29, 1.82) is 0 Å². The van der Waals surface area contributed by atoms with Gasteiger partial charge in [-0.1, -0.05) is 0 Å². The molecular weight excluding hydrogens is 212 g/mol. The third-order valence-electron chi connectivity index (χ3n) is 2.86. The van der Waals surface area contributed by atoms with E-state index in [1.807, 2.05) is 14.0 Å². The summed E-state index contributed by atoms with van der Waals surface area (Å²) in [7, 11) is 3.25. The number of ether oxygens (including phenoxy) is 2. The van der Waals surface area contributed by atoms with Gasteiger partial charge in [0, 0.05) is 12.6 Å². The predicted molar refractivity (Wildman–Crippen MR) is 57.0 cm³/mol. The number of likely N-dealkylation sites (tertiary alicyclic amines) is 1. The molecule has 6 heteroatoms. The van der Waals surface area contributed by atoms with Gasteiger partial charge in [-0.25, -0.2) is 4.79 Å². The predicted octanol–water partition coefficient (Wildman–Crippen LogP) is -0.0218. The number of alkyl carbamates (subject to hydrolysis) is 1. The van der Waals surface area contributed by atoms with Crippen molar-refractivity contribution in [3.63, 3.8) is 0 Å². The molecule has 0 unspecified atom stereocenters. The average molecular weight is 230 g/mol. The van der Waals surface area contributed by atoms with Crippen molar-refractivity contribution in [2.75, 3.05) is 27.2 Å². The first-order valence-electron chi connectivity index (χ1n) is 5.26. The fourth-order valence-corrected chi connectivity index (χ4v) is 1.61. The van der Waals surface area contributed by atoms with Crippen LogP contribution in [0.15, 0.2) is 0 Å². The summed E-state index contributed by atoms with van der Waals surface area (Å²) in [6, 6.07) is 0.212. The maximum atomic E-state index is 11.3. The van der Waals surface area contributed by atoms with E-state index in [4.69, 9.17) is 4.74 Å². The second-order valence-corrected chi connectivity index (χ2v) is 3.88. The number of amides is 1. The van der Waals surface area contributed by atoms with E-state index in [9.17, 15) is 9.59 Å². The Kier molecular flexibility index (Phi) is 4.54. The van der Waals surface area contributed by atoms with Crippen molar-refractivity contribution in [2.24, 2.45) is 0 Å². The Balaban J connectivity index is 2.27. The highest BCUT2D eigenvalue weighted by molar-refractivity contribution is 5.77. The van der Waals surface area contributed by atoms with E-state index in [1.165, 1.54) is 7.11 Å². The number of likely N-dealkylation sites (N-methyl/N-ethyl adjacent to an activating group) is 1. The van der Waals surface area contributed by atoms with Gasteiger partial charge in [-0.3, -0.25) is 9.69 Å². The number of esters is 1. The summed E-state index contributed by atoms with van der Waals surface area (Å²) in [5.74, 6) is -0.492. The topological polar surface area (TPSA) is 67.9 Å².